The van der Waals surface area contributed by atoms with Gasteiger partial charge in [-0.2, -0.15) is 0 Å². The Morgan fingerprint density at radius 1 is 0.651 bits per heavy atom. The number of allylic oxidation sites excluding steroid dienone is 4. The lowest BCUT2D eigenvalue weighted by atomic mass is 9.80. The molecule has 0 saturated heterocycles. The molecule has 63 heavy (non-hydrogen) atoms. The van der Waals surface area contributed by atoms with Gasteiger partial charge in [-0.3, -0.25) is 0 Å². The summed E-state index contributed by atoms with van der Waals surface area (Å²) < 4.78 is 12.9. The van der Waals surface area contributed by atoms with E-state index < -0.39 is 0 Å². The minimum absolute atomic E-state index is 0.0242. The topological polar surface area (TPSA) is 29.5 Å². The highest BCUT2D eigenvalue weighted by atomic mass is 16.3. The number of nitrogens with zero attached hydrogens (tertiary/aromatic N) is 1. The van der Waals surface area contributed by atoms with Crippen LogP contribution in [-0.2, 0) is 12.8 Å². The van der Waals surface area contributed by atoms with Crippen molar-refractivity contribution in [3.63, 3.8) is 0 Å². The highest BCUT2D eigenvalue weighted by Gasteiger charge is 2.33. The first-order valence-corrected chi connectivity index (χ1v) is 23.4. The zero-order valence-corrected chi connectivity index (χ0v) is 36.3. The molecule has 3 atom stereocenters. The third-order valence-electron chi connectivity index (χ3n) is 14.8. The summed E-state index contributed by atoms with van der Waals surface area (Å²) in [6.45, 7) is 4.78. The van der Waals surface area contributed by atoms with Crippen molar-refractivity contribution >= 4 is 67.4 Å². The number of aryl methyl sites for hydroxylation is 1. The summed E-state index contributed by atoms with van der Waals surface area (Å²) in [5.74, 6) is 3.31. The van der Waals surface area contributed by atoms with Crippen LogP contribution in [0.15, 0.2) is 161 Å². The van der Waals surface area contributed by atoms with Crippen molar-refractivity contribution < 1.29 is 8.83 Å². The number of hydrogen-bond donors (Lipinski definition) is 0. The van der Waals surface area contributed by atoms with E-state index in [4.69, 9.17) is 8.83 Å². The number of para-hydroxylation sites is 2. The molecule has 2 heterocycles. The van der Waals surface area contributed by atoms with Gasteiger partial charge in [0.25, 0.3) is 0 Å². The molecule has 6 aromatic carbocycles. The number of fused-ring (bicyclic) bond motifs is 7. The summed E-state index contributed by atoms with van der Waals surface area (Å²) in [5, 5.41) is 5.08. The molecule has 1 saturated carbocycles. The standard InChI is InChI=1S/C60H53NO2/c1-38-36-52-47-21-7-10-29-55(47)63-58(52)37-51(38)41-32-34-43(35-33-41)61(53-28-14-23-44(39(53)2)48-26-15-31-57-60(48)50-22-8-11-30-56(50)62-57)54-27-9-6-20-46(54)49-25-13-19-42-18-12-24-45(59(42)49)40-16-4-3-5-17-40/h6-9,11-15,18-28,30-35,37-40,53H,3-5,10,16-17,29,36H2,1-2H3. The Bertz CT molecular complexity index is 3170. The summed E-state index contributed by atoms with van der Waals surface area (Å²) in [4.78, 5) is 2.63. The van der Waals surface area contributed by atoms with Gasteiger partial charge in [-0.05, 0) is 118 Å². The number of furan rings is 2. The second-order valence-electron chi connectivity index (χ2n) is 18.5. The van der Waals surface area contributed by atoms with Crippen molar-refractivity contribution in [3.05, 3.63) is 191 Å². The van der Waals surface area contributed by atoms with E-state index in [-0.39, 0.29) is 12.0 Å². The fourth-order valence-corrected chi connectivity index (χ4v) is 11.7. The lowest BCUT2D eigenvalue weighted by Crippen LogP contribution is -2.37. The van der Waals surface area contributed by atoms with Crippen LogP contribution in [0.2, 0.25) is 0 Å². The Labute approximate surface area is 370 Å². The lowest BCUT2D eigenvalue weighted by Gasteiger charge is -2.39. The molecule has 310 valence electrons. The smallest absolute Gasteiger partial charge is 0.136 e. The second-order valence-corrected chi connectivity index (χ2v) is 18.5. The van der Waals surface area contributed by atoms with E-state index in [1.54, 1.807) is 0 Å². The summed E-state index contributed by atoms with van der Waals surface area (Å²) in [7, 11) is 0. The van der Waals surface area contributed by atoms with E-state index in [1.807, 2.05) is 0 Å². The van der Waals surface area contributed by atoms with E-state index in [0.29, 0.717) is 11.8 Å². The Morgan fingerprint density at radius 3 is 2.30 bits per heavy atom. The third-order valence-corrected chi connectivity index (χ3v) is 14.8. The van der Waals surface area contributed by atoms with E-state index in [9.17, 15) is 0 Å². The van der Waals surface area contributed by atoms with Gasteiger partial charge in [0.05, 0.1) is 6.04 Å². The van der Waals surface area contributed by atoms with Crippen LogP contribution in [0.4, 0.5) is 11.4 Å². The molecule has 3 nitrogen and oxygen atoms in total. The molecule has 0 N–H and O–H groups in total. The van der Waals surface area contributed by atoms with Gasteiger partial charge in [0, 0.05) is 51.2 Å². The van der Waals surface area contributed by atoms with Crippen LogP contribution in [0.5, 0.6) is 0 Å². The number of anilines is 2. The first-order valence-electron chi connectivity index (χ1n) is 23.4. The van der Waals surface area contributed by atoms with Gasteiger partial charge in [-0.1, -0.05) is 161 Å². The molecule has 3 unspecified atom stereocenters. The van der Waals surface area contributed by atoms with Gasteiger partial charge < -0.3 is 13.7 Å². The van der Waals surface area contributed by atoms with Gasteiger partial charge in [-0.15, -0.1) is 0 Å². The minimum Gasteiger partial charge on any atom is -0.461 e. The van der Waals surface area contributed by atoms with Gasteiger partial charge in [-0.25, -0.2) is 0 Å². The van der Waals surface area contributed by atoms with Gasteiger partial charge in [0.15, 0.2) is 0 Å². The largest absolute Gasteiger partial charge is 0.461 e. The van der Waals surface area contributed by atoms with Gasteiger partial charge >= 0.3 is 0 Å². The van der Waals surface area contributed by atoms with E-state index in [0.717, 1.165) is 47.3 Å². The fraction of sp³-hybridized carbons (Fsp3) is 0.233. The first kappa shape index (κ1) is 38.1. The third kappa shape index (κ3) is 6.46. The predicted octanol–water partition coefficient (Wildman–Crippen LogP) is 16.5. The number of benzene rings is 6. The van der Waals surface area contributed by atoms with Crippen LogP contribution in [0.25, 0.3) is 67.1 Å². The summed E-state index contributed by atoms with van der Waals surface area (Å²) in [5.41, 5.74) is 16.2. The molecule has 0 bridgehead atoms. The number of rotatable bonds is 7. The lowest BCUT2D eigenvalue weighted by molar-refractivity contribution is 0.445. The highest BCUT2D eigenvalue weighted by Crippen LogP contribution is 2.48. The maximum absolute atomic E-state index is 6.51. The highest BCUT2D eigenvalue weighted by molar-refractivity contribution is 6.11. The molecule has 0 aliphatic heterocycles. The molecule has 4 aliphatic carbocycles. The van der Waals surface area contributed by atoms with Crippen LogP contribution in [-0.4, -0.2) is 6.04 Å². The predicted molar refractivity (Wildman–Crippen MR) is 264 cm³/mol. The molecule has 2 aromatic heterocycles. The zero-order valence-electron chi connectivity index (χ0n) is 36.3. The Morgan fingerprint density at radius 2 is 1.41 bits per heavy atom. The molecule has 0 amide bonds. The van der Waals surface area contributed by atoms with Crippen molar-refractivity contribution in [2.24, 2.45) is 11.8 Å². The van der Waals surface area contributed by atoms with Gasteiger partial charge in [0.2, 0.25) is 0 Å². The van der Waals surface area contributed by atoms with Crippen LogP contribution in [0, 0.1) is 11.8 Å². The molecular weight excluding hydrogens is 767 g/mol. The summed E-state index contributed by atoms with van der Waals surface area (Å²) in [6, 6.07) is 47.6. The van der Waals surface area contributed by atoms with E-state index in [1.165, 1.54) is 110 Å². The zero-order chi connectivity index (χ0) is 42.0. The number of hydrogen-bond acceptors (Lipinski definition) is 3. The SMILES string of the molecule is CC1Cc2c(oc3c2C=CCC3)C=C1c1ccc(N(c2ccccc2-c2cccc3cccc(C4CCCCC4)c23)C2C=CC=C(c3cccc4oc5ccccc5c34)C2C)cc1. The monoisotopic (exact) mass is 819 g/mol. The van der Waals surface area contributed by atoms with Crippen molar-refractivity contribution in [2.75, 3.05) is 4.90 Å². The molecule has 0 spiro atoms. The average molecular weight is 820 g/mol. The van der Waals surface area contributed by atoms with Crippen LogP contribution < -0.4 is 4.90 Å². The van der Waals surface area contributed by atoms with Gasteiger partial charge in [0.1, 0.15) is 22.7 Å². The maximum Gasteiger partial charge on any atom is 0.136 e. The molecular formula is C60H53NO2. The average Bonchev–Trinajstić information content (AvgIpc) is 3.90. The van der Waals surface area contributed by atoms with Crippen molar-refractivity contribution in [1.82, 2.24) is 0 Å². The normalized spacial score (nSPS) is 19.9. The van der Waals surface area contributed by atoms with Crippen molar-refractivity contribution in [1.29, 1.82) is 0 Å². The van der Waals surface area contributed by atoms with E-state index >= 15 is 0 Å². The second kappa shape index (κ2) is 15.6. The maximum atomic E-state index is 6.51. The first-order chi connectivity index (χ1) is 31.1. The van der Waals surface area contributed by atoms with Crippen LogP contribution in [0.3, 0.4) is 0 Å². The summed E-state index contributed by atoms with van der Waals surface area (Å²) >= 11 is 0. The Balaban J connectivity index is 1.00. The fourth-order valence-electron chi connectivity index (χ4n) is 11.7. The van der Waals surface area contributed by atoms with Crippen LogP contribution >= 0.6 is 0 Å². The molecule has 12 rings (SSSR count). The quantitative estimate of drug-likeness (QED) is 0.160. The van der Waals surface area contributed by atoms with Crippen molar-refractivity contribution in [2.45, 2.75) is 77.2 Å². The molecule has 4 aliphatic rings. The van der Waals surface area contributed by atoms with Crippen LogP contribution in [0.1, 0.15) is 97.6 Å². The molecule has 3 heteroatoms. The Kier molecular flexibility index (Phi) is 9.47. The Hall–Kier alpha value is -6.58. The van der Waals surface area contributed by atoms with E-state index in [2.05, 4.69) is 183 Å². The molecule has 8 aromatic rings. The summed E-state index contributed by atoms with van der Waals surface area (Å²) in [6.07, 6.45) is 23.5. The van der Waals surface area contributed by atoms with Crippen molar-refractivity contribution in [3.8, 4) is 11.1 Å². The minimum atomic E-state index is 0.0242. The molecule has 1 fully saturated rings. The molecule has 0 radical (unpaired) electrons.